The summed E-state index contributed by atoms with van der Waals surface area (Å²) in [7, 11) is 0. The third-order valence-corrected chi connectivity index (χ3v) is 3.61. The minimum Gasteiger partial charge on any atom is -0.306 e. The summed E-state index contributed by atoms with van der Waals surface area (Å²) < 4.78 is 1.76. The van der Waals surface area contributed by atoms with E-state index >= 15 is 0 Å². The van der Waals surface area contributed by atoms with Crippen molar-refractivity contribution in [2.75, 3.05) is 0 Å². The lowest BCUT2D eigenvalue weighted by Gasteiger charge is -2.19. The number of hydrogen-bond donors (Lipinski definition) is 1. The van der Waals surface area contributed by atoms with E-state index in [0.717, 1.165) is 11.3 Å². The van der Waals surface area contributed by atoms with E-state index in [0.29, 0.717) is 23.1 Å². The summed E-state index contributed by atoms with van der Waals surface area (Å²) in [6, 6.07) is 5.58. The van der Waals surface area contributed by atoms with Crippen molar-refractivity contribution in [3.63, 3.8) is 0 Å². The maximum Gasteiger partial charge on any atom is 0.0965 e. The zero-order valence-corrected chi connectivity index (χ0v) is 13.3. The van der Waals surface area contributed by atoms with Crippen LogP contribution in [0, 0.1) is 0 Å². The van der Waals surface area contributed by atoms with Crippen molar-refractivity contribution in [1.82, 2.24) is 20.3 Å². The average molecular weight is 313 g/mol. The van der Waals surface area contributed by atoms with Gasteiger partial charge in [0.15, 0.2) is 0 Å². The van der Waals surface area contributed by atoms with E-state index in [4.69, 9.17) is 23.2 Å². The molecule has 1 N–H and O–H groups in total. The highest BCUT2D eigenvalue weighted by Gasteiger charge is 2.11. The van der Waals surface area contributed by atoms with Gasteiger partial charge in [-0.25, -0.2) is 4.68 Å². The molecule has 0 bridgehead atoms. The first kappa shape index (κ1) is 15.3. The highest BCUT2D eigenvalue weighted by molar-refractivity contribution is 6.42. The van der Waals surface area contributed by atoms with Gasteiger partial charge in [-0.2, -0.15) is 0 Å². The monoisotopic (exact) mass is 312 g/mol. The van der Waals surface area contributed by atoms with Crippen molar-refractivity contribution in [3.8, 4) is 0 Å². The van der Waals surface area contributed by atoms with Crippen molar-refractivity contribution in [1.29, 1.82) is 0 Å². The molecule has 0 aliphatic heterocycles. The first-order valence-electron chi connectivity index (χ1n) is 6.42. The van der Waals surface area contributed by atoms with E-state index < -0.39 is 0 Å². The summed E-state index contributed by atoms with van der Waals surface area (Å²) in [5, 5.41) is 12.7. The summed E-state index contributed by atoms with van der Waals surface area (Å²) in [5.74, 6) is 0. The van der Waals surface area contributed by atoms with Crippen molar-refractivity contribution >= 4 is 23.2 Å². The van der Waals surface area contributed by atoms with Crippen LogP contribution in [0.1, 0.15) is 32.0 Å². The molecule has 0 aliphatic rings. The fourth-order valence-corrected chi connectivity index (χ4v) is 2.08. The minimum absolute atomic E-state index is 0.0556. The normalized spacial score (nSPS) is 11.8. The molecule has 1 heterocycles. The smallest absolute Gasteiger partial charge is 0.0965 e. The molecule has 6 heteroatoms. The predicted molar refractivity (Wildman–Crippen MR) is 82.2 cm³/mol. The molecular weight excluding hydrogens is 295 g/mol. The van der Waals surface area contributed by atoms with Crippen LogP contribution in [0.2, 0.25) is 10.0 Å². The highest BCUT2D eigenvalue weighted by Crippen LogP contribution is 2.25. The molecule has 0 radical (unpaired) electrons. The Labute approximate surface area is 129 Å². The summed E-state index contributed by atoms with van der Waals surface area (Å²) in [6.45, 7) is 7.59. The number of hydrogen-bond acceptors (Lipinski definition) is 3. The van der Waals surface area contributed by atoms with Gasteiger partial charge in [-0.1, -0.05) is 40.5 Å². The maximum atomic E-state index is 6.17. The zero-order valence-electron chi connectivity index (χ0n) is 11.8. The Balaban J connectivity index is 2.04. The minimum atomic E-state index is 0.0556. The second-order valence-corrected chi connectivity index (χ2v) is 6.51. The van der Waals surface area contributed by atoms with E-state index in [-0.39, 0.29) is 5.54 Å². The first-order valence-corrected chi connectivity index (χ1v) is 7.18. The molecule has 0 saturated carbocycles. The van der Waals surface area contributed by atoms with Crippen molar-refractivity contribution in [2.24, 2.45) is 0 Å². The molecular formula is C14H18Cl2N4. The molecule has 108 valence electrons. The first-order chi connectivity index (χ1) is 9.35. The van der Waals surface area contributed by atoms with Crippen LogP contribution in [0.5, 0.6) is 0 Å². The fourth-order valence-electron chi connectivity index (χ4n) is 1.70. The van der Waals surface area contributed by atoms with E-state index in [2.05, 4.69) is 36.4 Å². The molecule has 0 fully saturated rings. The van der Waals surface area contributed by atoms with Crippen LogP contribution < -0.4 is 5.32 Å². The molecule has 1 aromatic heterocycles. The predicted octanol–water partition coefficient (Wildman–Crippen LogP) is 3.52. The molecule has 2 aromatic rings. The molecule has 20 heavy (non-hydrogen) atoms. The SMILES string of the molecule is CC(C)(C)NCc1cn(Cc2cccc(Cl)c2Cl)nn1. The van der Waals surface area contributed by atoms with Gasteiger partial charge in [-0.15, -0.1) is 5.10 Å². The van der Waals surface area contributed by atoms with Gasteiger partial charge >= 0.3 is 0 Å². The number of benzene rings is 1. The van der Waals surface area contributed by atoms with Crippen LogP contribution in [0.15, 0.2) is 24.4 Å². The third kappa shape index (κ3) is 4.20. The summed E-state index contributed by atoms with van der Waals surface area (Å²) in [5.41, 5.74) is 1.89. The number of rotatable bonds is 4. The highest BCUT2D eigenvalue weighted by atomic mass is 35.5. The molecule has 0 spiro atoms. The Kier molecular flexibility index (Phi) is 4.68. The van der Waals surface area contributed by atoms with Crippen molar-refractivity contribution in [2.45, 2.75) is 39.4 Å². The zero-order chi connectivity index (χ0) is 14.8. The van der Waals surface area contributed by atoms with Crippen LogP contribution in [-0.2, 0) is 13.1 Å². The Morgan fingerprint density at radius 2 is 2.00 bits per heavy atom. The topological polar surface area (TPSA) is 42.7 Å². The summed E-state index contributed by atoms with van der Waals surface area (Å²) in [4.78, 5) is 0. The van der Waals surface area contributed by atoms with Crippen molar-refractivity contribution < 1.29 is 0 Å². The van der Waals surface area contributed by atoms with Gasteiger partial charge in [0, 0.05) is 12.1 Å². The molecule has 1 aromatic carbocycles. The number of aromatic nitrogens is 3. The summed E-state index contributed by atoms with van der Waals surface area (Å²) in [6.07, 6.45) is 1.91. The molecule has 0 atom stereocenters. The van der Waals surface area contributed by atoms with Crippen LogP contribution in [0.3, 0.4) is 0 Å². The van der Waals surface area contributed by atoms with Gasteiger partial charge in [0.1, 0.15) is 0 Å². The second kappa shape index (κ2) is 6.12. The lowest BCUT2D eigenvalue weighted by atomic mass is 10.1. The van der Waals surface area contributed by atoms with Gasteiger partial charge in [0.2, 0.25) is 0 Å². The van der Waals surface area contributed by atoms with Gasteiger partial charge in [-0.05, 0) is 32.4 Å². The van der Waals surface area contributed by atoms with Crippen LogP contribution in [-0.4, -0.2) is 20.5 Å². The lowest BCUT2D eigenvalue weighted by molar-refractivity contribution is 0.421. The van der Waals surface area contributed by atoms with Crippen molar-refractivity contribution in [3.05, 3.63) is 45.7 Å². The van der Waals surface area contributed by atoms with Crippen LogP contribution in [0.4, 0.5) is 0 Å². The lowest BCUT2D eigenvalue weighted by Crippen LogP contribution is -2.35. The van der Waals surface area contributed by atoms with E-state index in [1.165, 1.54) is 0 Å². The van der Waals surface area contributed by atoms with Crippen LogP contribution >= 0.6 is 23.2 Å². The molecule has 2 rings (SSSR count). The molecule has 0 saturated heterocycles. The summed E-state index contributed by atoms with van der Waals surface area (Å²) >= 11 is 12.2. The second-order valence-electron chi connectivity index (χ2n) is 5.72. The third-order valence-electron chi connectivity index (χ3n) is 2.75. The van der Waals surface area contributed by atoms with E-state index in [1.54, 1.807) is 10.7 Å². The van der Waals surface area contributed by atoms with Crippen LogP contribution in [0.25, 0.3) is 0 Å². The Morgan fingerprint density at radius 1 is 1.25 bits per heavy atom. The fraction of sp³-hybridized carbons (Fsp3) is 0.429. The Hall–Kier alpha value is -1.10. The maximum absolute atomic E-state index is 6.17. The van der Waals surface area contributed by atoms with Gasteiger partial charge < -0.3 is 5.32 Å². The molecule has 0 aliphatic carbocycles. The molecule has 0 unspecified atom stereocenters. The Morgan fingerprint density at radius 3 is 2.70 bits per heavy atom. The van der Waals surface area contributed by atoms with Gasteiger partial charge in [0.25, 0.3) is 0 Å². The number of nitrogens with one attached hydrogen (secondary N) is 1. The number of halogens is 2. The molecule has 0 amide bonds. The van der Waals surface area contributed by atoms with Gasteiger partial charge in [-0.3, -0.25) is 0 Å². The van der Waals surface area contributed by atoms with Gasteiger partial charge in [0.05, 0.1) is 28.5 Å². The standard InChI is InChI=1S/C14H18Cl2N4/c1-14(2,3)17-7-11-9-20(19-18-11)8-10-5-4-6-12(15)13(10)16/h4-6,9,17H,7-8H2,1-3H3. The quantitative estimate of drug-likeness (QED) is 0.939. The Bertz CT molecular complexity index is 587. The largest absolute Gasteiger partial charge is 0.306 e. The average Bonchev–Trinajstić information content (AvgIpc) is 2.80. The van der Waals surface area contributed by atoms with E-state index in [1.807, 2.05) is 18.3 Å². The number of nitrogens with zero attached hydrogens (tertiary/aromatic N) is 3. The molecule has 4 nitrogen and oxygen atoms in total. The van der Waals surface area contributed by atoms with E-state index in [9.17, 15) is 0 Å².